The van der Waals surface area contributed by atoms with E-state index in [1.807, 2.05) is 0 Å². The molecule has 0 radical (unpaired) electrons. The van der Waals surface area contributed by atoms with Crippen LogP contribution in [0.2, 0.25) is 0 Å². The lowest BCUT2D eigenvalue weighted by atomic mass is 10.1. The van der Waals surface area contributed by atoms with Crippen molar-refractivity contribution in [1.82, 2.24) is 9.61 Å². The Morgan fingerprint density at radius 3 is 2.57 bits per heavy atom. The zero-order valence-electron chi connectivity index (χ0n) is 10.9. The fraction of sp³-hybridized carbons (Fsp3) is 0.364. The minimum atomic E-state index is -4.69. The lowest BCUT2D eigenvalue weighted by molar-refractivity contribution is -0.383. The van der Waals surface area contributed by atoms with Crippen LogP contribution in [-0.2, 0) is 4.74 Å². The number of rotatable bonds is 4. The summed E-state index contributed by atoms with van der Waals surface area (Å²) in [5.41, 5.74) is -0.972. The zero-order chi connectivity index (χ0) is 15.8. The average molecular weight is 305 g/mol. The molecule has 0 bridgehead atoms. The van der Waals surface area contributed by atoms with E-state index < -0.39 is 22.9 Å². The molecule has 21 heavy (non-hydrogen) atoms. The number of ether oxygens (including phenoxy) is 2. The number of aromatic nitrogens is 2. The molecule has 0 spiro atoms. The molecule has 0 saturated carbocycles. The topological polar surface area (TPSA) is 78.9 Å². The maximum absolute atomic E-state index is 13.0. The van der Waals surface area contributed by atoms with Crippen LogP contribution in [0.25, 0.3) is 5.52 Å². The van der Waals surface area contributed by atoms with Gasteiger partial charge in [0.25, 0.3) is 0 Å². The van der Waals surface area contributed by atoms with Crippen molar-refractivity contribution < 1.29 is 27.6 Å². The van der Waals surface area contributed by atoms with Gasteiger partial charge in [-0.1, -0.05) is 0 Å². The van der Waals surface area contributed by atoms with Crippen molar-refractivity contribution in [3.8, 4) is 5.75 Å². The van der Waals surface area contributed by atoms with Gasteiger partial charge in [0.2, 0.25) is 0 Å². The van der Waals surface area contributed by atoms with E-state index in [1.54, 1.807) is 0 Å². The lowest BCUT2D eigenvalue weighted by Gasteiger charge is -2.21. The standard InChI is InChI=1S/C11H10F3N3O4/c1-20-9-6(10(21-2)11(12,13)14)3-4-16-8(9)7(5-15-16)17(18)19/h3-5,10H,1-2H3/t10-/m0/s1. The zero-order valence-corrected chi connectivity index (χ0v) is 10.9. The van der Waals surface area contributed by atoms with Crippen LogP contribution in [-0.4, -0.2) is 34.9 Å². The second-order valence-electron chi connectivity index (χ2n) is 4.04. The van der Waals surface area contributed by atoms with Crippen LogP contribution in [0.3, 0.4) is 0 Å². The first-order valence-corrected chi connectivity index (χ1v) is 5.59. The van der Waals surface area contributed by atoms with Gasteiger partial charge in [0.15, 0.2) is 17.4 Å². The first-order chi connectivity index (χ1) is 9.81. The summed E-state index contributed by atoms with van der Waals surface area (Å²) in [7, 11) is 2.02. The van der Waals surface area contributed by atoms with E-state index in [-0.39, 0.29) is 16.8 Å². The summed E-state index contributed by atoms with van der Waals surface area (Å²) in [6, 6.07) is 1.10. The number of methoxy groups -OCH3 is 2. The fourth-order valence-electron chi connectivity index (χ4n) is 2.04. The molecular formula is C11H10F3N3O4. The van der Waals surface area contributed by atoms with Gasteiger partial charge in [-0.25, -0.2) is 4.52 Å². The van der Waals surface area contributed by atoms with Crippen molar-refractivity contribution in [1.29, 1.82) is 0 Å². The van der Waals surface area contributed by atoms with Crippen LogP contribution >= 0.6 is 0 Å². The van der Waals surface area contributed by atoms with Gasteiger partial charge >= 0.3 is 11.9 Å². The van der Waals surface area contributed by atoms with Crippen molar-refractivity contribution in [3.63, 3.8) is 0 Å². The number of nitro groups is 1. The van der Waals surface area contributed by atoms with Crippen molar-refractivity contribution in [2.45, 2.75) is 12.3 Å². The van der Waals surface area contributed by atoms with E-state index >= 15 is 0 Å². The highest BCUT2D eigenvalue weighted by molar-refractivity contribution is 5.75. The molecule has 0 aliphatic rings. The highest BCUT2D eigenvalue weighted by Crippen LogP contribution is 2.42. The number of halogens is 3. The first kappa shape index (κ1) is 15.0. The van der Waals surface area contributed by atoms with E-state index in [2.05, 4.69) is 9.84 Å². The van der Waals surface area contributed by atoms with Gasteiger partial charge in [-0.2, -0.15) is 18.3 Å². The number of hydrogen-bond acceptors (Lipinski definition) is 5. The molecule has 0 aliphatic carbocycles. The van der Waals surface area contributed by atoms with Crippen LogP contribution in [0.4, 0.5) is 18.9 Å². The molecule has 2 rings (SSSR count). The van der Waals surface area contributed by atoms with E-state index in [1.165, 1.54) is 6.20 Å². The Labute approximate surface area is 116 Å². The molecule has 0 unspecified atom stereocenters. The Kier molecular flexibility index (Phi) is 3.73. The third-order valence-electron chi connectivity index (χ3n) is 2.86. The van der Waals surface area contributed by atoms with Crippen LogP contribution in [0.5, 0.6) is 5.75 Å². The maximum atomic E-state index is 13.0. The van der Waals surface area contributed by atoms with Gasteiger partial charge in [-0.15, -0.1) is 0 Å². The van der Waals surface area contributed by atoms with Crippen LogP contribution in [0.1, 0.15) is 11.7 Å². The summed E-state index contributed by atoms with van der Waals surface area (Å²) < 4.78 is 49.4. The monoisotopic (exact) mass is 305 g/mol. The molecular weight excluding hydrogens is 295 g/mol. The molecule has 2 aromatic heterocycles. The van der Waals surface area contributed by atoms with Crippen LogP contribution < -0.4 is 4.74 Å². The molecule has 114 valence electrons. The van der Waals surface area contributed by atoms with E-state index in [0.29, 0.717) is 0 Å². The van der Waals surface area contributed by atoms with Gasteiger partial charge in [0.1, 0.15) is 6.20 Å². The number of alkyl halides is 3. The highest BCUT2D eigenvalue weighted by atomic mass is 19.4. The Morgan fingerprint density at radius 1 is 1.43 bits per heavy atom. The Bertz CT molecular complexity index is 683. The average Bonchev–Trinajstić information content (AvgIpc) is 2.81. The largest absolute Gasteiger partial charge is 0.494 e. The molecule has 0 aromatic carbocycles. The summed E-state index contributed by atoms with van der Waals surface area (Å²) in [6.45, 7) is 0. The quantitative estimate of drug-likeness (QED) is 0.640. The molecule has 0 N–H and O–H groups in total. The van der Waals surface area contributed by atoms with Crippen LogP contribution in [0, 0.1) is 10.1 Å². The van der Waals surface area contributed by atoms with Crippen LogP contribution in [0.15, 0.2) is 18.5 Å². The molecule has 1 atom stereocenters. The Hall–Kier alpha value is -2.36. The smallest absolute Gasteiger partial charge is 0.418 e. The number of fused-ring (bicyclic) bond motifs is 1. The SMILES string of the molecule is COc1c([C@H](OC)C(F)(F)F)ccn2ncc([N+](=O)[O-])c12. The van der Waals surface area contributed by atoms with Gasteiger partial charge in [0, 0.05) is 18.9 Å². The van der Waals surface area contributed by atoms with E-state index in [4.69, 9.17) is 4.74 Å². The predicted molar refractivity (Wildman–Crippen MR) is 64.2 cm³/mol. The molecule has 0 saturated heterocycles. The number of hydrogen-bond donors (Lipinski definition) is 0. The van der Waals surface area contributed by atoms with Gasteiger partial charge in [0.05, 0.1) is 12.0 Å². The molecule has 0 aliphatic heterocycles. The summed E-state index contributed by atoms with van der Waals surface area (Å²) in [5, 5.41) is 14.6. The van der Waals surface area contributed by atoms with E-state index in [0.717, 1.165) is 31.0 Å². The maximum Gasteiger partial charge on any atom is 0.418 e. The Morgan fingerprint density at radius 2 is 2.10 bits per heavy atom. The molecule has 0 fully saturated rings. The predicted octanol–water partition coefficient (Wildman–Crippen LogP) is 2.50. The molecule has 2 aromatic rings. The summed E-state index contributed by atoms with van der Waals surface area (Å²) >= 11 is 0. The fourth-order valence-corrected chi connectivity index (χ4v) is 2.04. The minimum absolute atomic E-state index is 0.161. The molecule has 0 amide bonds. The number of pyridine rings is 1. The highest BCUT2D eigenvalue weighted by Gasteiger charge is 2.43. The Balaban J connectivity index is 2.76. The van der Waals surface area contributed by atoms with Crippen molar-refractivity contribution in [2.75, 3.05) is 14.2 Å². The normalized spacial score (nSPS) is 13.4. The van der Waals surface area contributed by atoms with Crippen molar-refractivity contribution in [3.05, 3.63) is 34.1 Å². The summed E-state index contributed by atoms with van der Waals surface area (Å²) in [6.07, 6.45) is -4.82. The second-order valence-corrected chi connectivity index (χ2v) is 4.04. The molecule has 7 nitrogen and oxygen atoms in total. The van der Waals surface area contributed by atoms with E-state index in [9.17, 15) is 23.3 Å². The minimum Gasteiger partial charge on any atom is -0.494 e. The van der Waals surface area contributed by atoms with Gasteiger partial charge in [-0.05, 0) is 6.07 Å². The van der Waals surface area contributed by atoms with Gasteiger partial charge < -0.3 is 9.47 Å². The molecule has 2 heterocycles. The van der Waals surface area contributed by atoms with Gasteiger partial charge in [-0.3, -0.25) is 10.1 Å². The van der Waals surface area contributed by atoms with Crippen molar-refractivity contribution in [2.24, 2.45) is 0 Å². The van der Waals surface area contributed by atoms with Crippen molar-refractivity contribution >= 4 is 11.2 Å². The summed E-state index contributed by atoms with van der Waals surface area (Å²) in [4.78, 5) is 10.2. The molecule has 10 heteroatoms. The number of nitrogens with zero attached hydrogens (tertiary/aromatic N) is 3. The third-order valence-corrected chi connectivity index (χ3v) is 2.86. The lowest BCUT2D eigenvalue weighted by Crippen LogP contribution is -2.23. The third kappa shape index (κ3) is 2.49. The first-order valence-electron chi connectivity index (χ1n) is 5.59. The summed E-state index contributed by atoms with van der Waals surface area (Å²) in [5.74, 6) is -0.300. The second kappa shape index (κ2) is 5.20.